The van der Waals surface area contributed by atoms with Gasteiger partial charge in [-0.05, 0) is 31.9 Å². The molecular formula is C14H20ClIN6O. The van der Waals surface area contributed by atoms with Crippen LogP contribution in [0.25, 0.3) is 0 Å². The number of hydrogen-bond donors (Lipinski definition) is 2. The maximum atomic E-state index is 5.76. The predicted octanol–water partition coefficient (Wildman–Crippen LogP) is 2.34. The van der Waals surface area contributed by atoms with Gasteiger partial charge in [-0.2, -0.15) is 4.98 Å². The lowest BCUT2D eigenvalue weighted by Gasteiger charge is -2.10. The quantitative estimate of drug-likeness (QED) is 0.304. The fourth-order valence-corrected chi connectivity index (χ4v) is 1.88. The lowest BCUT2D eigenvalue weighted by Crippen LogP contribution is -2.38. The van der Waals surface area contributed by atoms with Gasteiger partial charge in [0.25, 0.3) is 0 Å². The van der Waals surface area contributed by atoms with Crippen LogP contribution in [0.4, 0.5) is 0 Å². The Hall–Kier alpha value is -1.42. The summed E-state index contributed by atoms with van der Waals surface area (Å²) in [6.45, 7) is 5.64. The van der Waals surface area contributed by atoms with E-state index in [2.05, 4.69) is 30.8 Å². The van der Waals surface area contributed by atoms with Crippen molar-refractivity contribution >= 4 is 41.5 Å². The molecule has 0 saturated heterocycles. The zero-order chi connectivity index (χ0) is 15.8. The number of guanidine groups is 1. The Kier molecular flexibility index (Phi) is 8.85. The highest BCUT2D eigenvalue weighted by molar-refractivity contribution is 14.0. The van der Waals surface area contributed by atoms with Crippen LogP contribution in [0.5, 0.6) is 0 Å². The molecule has 0 amide bonds. The number of aliphatic imine (C=N–C) groups is 1. The van der Waals surface area contributed by atoms with E-state index in [1.807, 2.05) is 13.0 Å². The first-order valence-corrected chi connectivity index (χ1v) is 7.47. The molecule has 2 aromatic rings. The third kappa shape index (κ3) is 7.12. The standard InChI is InChI=1S/C14H19ClN6O.HI/c1-3-16-14(19-9-13-20-10(2)21-22-13)17-7-6-11-4-5-12(15)18-8-11;/h4-5,8H,3,6-7,9H2,1-2H3,(H2,16,17,19);1H. The Morgan fingerprint density at radius 3 is 2.78 bits per heavy atom. The van der Waals surface area contributed by atoms with Crippen LogP contribution in [0.2, 0.25) is 5.15 Å². The first kappa shape index (κ1) is 19.6. The fourth-order valence-electron chi connectivity index (χ4n) is 1.77. The molecule has 0 atom stereocenters. The van der Waals surface area contributed by atoms with Crippen molar-refractivity contribution < 1.29 is 4.52 Å². The second kappa shape index (κ2) is 10.4. The summed E-state index contributed by atoms with van der Waals surface area (Å²) >= 11 is 5.76. The lowest BCUT2D eigenvalue weighted by atomic mass is 10.2. The molecule has 0 fully saturated rings. The number of pyridine rings is 1. The third-order valence-corrected chi connectivity index (χ3v) is 3.00. The molecular weight excluding hydrogens is 431 g/mol. The molecule has 0 radical (unpaired) electrons. The largest absolute Gasteiger partial charge is 0.357 e. The Morgan fingerprint density at radius 1 is 1.35 bits per heavy atom. The molecule has 0 aliphatic heterocycles. The van der Waals surface area contributed by atoms with Gasteiger partial charge in [0, 0.05) is 19.3 Å². The van der Waals surface area contributed by atoms with E-state index in [9.17, 15) is 0 Å². The van der Waals surface area contributed by atoms with E-state index >= 15 is 0 Å². The Labute approximate surface area is 157 Å². The van der Waals surface area contributed by atoms with E-state index in [-0.39, 0.29) is 24.0 Å². The number of nitrogens with zero attached hydrogens (tertiary/aromatic N) is 4. The van der Waals surface area contributed by atoms with Gasteiger partial charge in [0.15, 0.2) is 11.8 Å². The van der Waals surface area contributed by atoms with Crippen molar-refractivity contribution in [1.29, 1.82) is 0 Å². The number of aryl methyl sites for hydroxylation is 1. The minimum atomic E-state index is 0. The summed E-state index contributed by atoms with van der Waals surface area (Å²) in [7, 11) is 0. The first-order chi connectivity index (χ1) is 10.7. The van der Waals surface area contributed by atoms with E-state index in [0.717, 1.165) is 25.1 Å². The monoisotopic (exact) mass is 450 g/mol. The summed E-state index contributed by atoms with van der Waals surface area (Å²) in [5, 5.41) is 10.7. The zero-order valence-corrected chi connectivity index (χ0v) is 16.1. The SMILES string of the molecule is CCNC(=NCc1nc(C)no1)NCCc1ccc(Cl)nc1.I. The van der Waals surface area contributed by atoms with Gasteiger partial charge in [0.2, 0.25) is 5.89 Å². The van der Waals surface area contributed by atoms with Crippen LogP contribution in [0.3, 0.4) is 0 Å². The van der Waals surface area contributed by atoms with E-state index < -0.39 is 0 Å². The van der Waals surface area contributed by atoms with Crippen LogP contribution < -0.4 is 10.6 Å². The molecule has 0 bridgehead atoms. The zero-order valence-electron chi connectivity index (χ0n) is 13.0. The Morgan fingerprint density at radius 2 is 2.17 bits per heavy atom. The highest BCUT2D eigenvalue weighted by atomic mass is 127. The molecule has 0 aromatic carbocycles. The Bertz CT molecular complexity index is 616. The third-order valence-electron chi connectivity index (χ3n) is 2.78. The van der Waals surface area contributed by atoms with Crippen LogP contribution >= 0.6 is 35.6 Å². The molecule has 2 rings (SSSR count). The minimum Gasteiger partial charge on any atom is -0.357 e. The topological polar surface area (TPSA) is 88.2 Å². The maximum absolute atomic E-state index is 5.76. The van der Waals surface area contributed by atoms with Gasteiger partial charge in [-0.1, -0.05) is 22.8 Å². The van der Waals surface area contributed by atoms with Crippen LogP contribution in [-0.4, -0.2) is 34.2 Å². The van der Waals surface area contributed by atoms with Gasteiger partial charge >= 0.3 is 0 Å². The molecule has 2 aromatic heterocycles. The summed E-state index contributed by atoms with van der Waals surface area (Å²) in [4.78, 5) is 12.6. The number of rotatable bonds is 6. The average molecular weight is 451 g/mol. The van der Waals surface area contributed by atoms with Crippen LogP contribution in [0.15, 0.2) is 27.8 Å². The molecule has 0 aliphatic carbocycles. The molecule has 0 saturated carbocycles. The maximum Gasteiger partial charge on any atom is 0.248 e. The van der Waals surface area contributed by atoms with E-state index in [0.29, 0.717) is 29.4 Å². The van der Waals surface area contributed by atoms with Gasteiger partial charge in [-0.15, -0.1) is 24.0 Å². The summed E-state index contributed by atoms with van der Waals surface area (Å²) in [5.41, 5.74) is 1.11. The highest BCUT2D eigenvalue weighted by Gasteiger charge is 2.03. The van der Waals surface area contributed by atoms with Gasteiger partial charge in [0.1, 0.15) is 11.7 Å². The van der Waals surface area contributed by atoms with E-state index in [1.54, 1.807) is 19.2 Å². The fraction of sp³-hybridized carbons (Fsp3) is 0.429. The average Bonchev–Trinajstić information content (AvgIpc) is 2.92. The molecule has 9 heteroatoms. The van der Waals surface area contributed by atoms with Gasteiger partial charge in [-0.3, -0.25) is 0 Å². The molecule has 0 unspecified atom stereocenters. The van der Waals surface area contributed by atoms with Crippen molar-refractivity contribution in [2.75, 3.05) is 13.1 Å². The minimum absolute atomic E-state index is 0. The highest BCUT2D eigenvalue weighted by Crippen LogP contribution is 2.05. The van der Waals surface area contributed by atoms with Gasteiger partial charge in [-0.25, -0.2) is 9.98 Å². The molecule has 0 aliphatic rings. The molecule has 2 N–H and O–H groups in total. The molecule has 126 valence electrons. The molecule has 0 spiro atoms. The smallest absolute Gasteiger partial charge is 0.248 e. The summed E-state index contributed by atoms with van der Waals surface area (Å²) in [6.07, 6.45) is 2.60. The van der Waals surface area contributed by atoms with Crippen molar-refractivity contribution in [3.05, 3.63) is 40.8 Å². The van der Waals surface area contributed by atoms with Crippen LogP contribution in [0.1, 0.15) is 24.2 Å². The molecule has 2 heterocycles. The van der Waals surface area contributed by atoms with E-state index in [4.69, 9.17) is 16.1 Å². The molecule has 23 heavy (non-hydrogen) atoms. The van der Waals surface area contributed by atoms with Crippen molar-refractivity contribution in [3.8, 4) is 0 Å². The summed E-state index contributed by atoms with van der Waals surface area (Å²) in [6, 6.07) is 3.75. The van der Waals surface area contributed by atoms with Gasteiger partial charge < -0.3 is 15.2 Å². The van der Waals surface area contributed by atoms with Crippen molar-refractivity contribution in [2.45, 2.75) is 26.8 Å². The predicted molar refractivity (Wildman–Crippen MR) is 100 cm³/mol. The van der Waals surface area contributed by atoms with Crippen molar-refractivity contribution in [3.63, 3.8) is 0 Å². The number of hydrogen-bond acceptors (Lipinski definition) is 5. The van der Waals surface area contributed by atoms with Crippen molar-refractivity contribution in [2.24, 2.45) is 4.99 Å². The van der Waals surface area contributed by atoms with Crippen LogP contribution in [-0.2, 0) is 13.0 Å². The Balaban J connectivity index is 0.00000264. The normalized spacial score (nSPS) is 11.0. The summed E-state index contributed by atoms with van der Waals surface area (Å²) < 4.78 is 5.03. The van der Waals surface area contributed by atoms with E-state index in [1.165, 1.54) is 0 Å². The number of nitrogens with one attached hydrogen (secondary N) is 2. The van der Waals surface area contributed by atoms with Gasteiger partial charge in [0.05, 0.1) is 0 Å². The molecule has 7 nitrogen and oxygen atoms in total. The first-order valence-electron chi connectivity index (χ1n) is 7.09. The summed E-state index contributed by atoms with van der Waals surface area (Å²) in [5.74, 6) is 1.82. The second-order valence-corrected chi connectivity index (χ2v) is 4.98. The number of halogens is 2. The second-order valence-electron chi connectivity index (χ2n) is 4.60. The lowest BCUT2D eigenvalue weighted by molar-refractivity contribution is 0.376. The number of aromatic nitrogens is 3. The van der Waals surface area contributed by atoms with Crippen molar-refractivity contribution in [1.82, 2.24) is 25.8 Å². The van der Waals surface area contributed by atoms with Crippen LogP contribution in [0, 0.1) is 6.92 Å².